The van der Waals surface area contributed by atoms with Crippen molar-refractivity contribution in [2.75, 3.05) is 0 Å². The van der Waals surface area contributed by atoms with Gasteiger partial charge in [0.1, 0.15) is 12.1 Å². The monoisotopic (exact) mass is 201 g/mol. The van der Waals surface area contributed by atoms with E-state index in [0.29, 0.717) is 5.69 Å². The molecule has 0 spiro atoms. The second-order valence-corrected chi connectivity index (χ2v) is 2.94. The lowest BCUT2D eigenvalue weighted by atomic mass is 10.1. The summed E-state index contributed by atoms with van der Waals surface area (Å²) in [6, 6.07) is 4.11. The molecule has 0 fully saturated rings. The number of aliphatic carboxylic acids is 1. The van der Waals surface area contributed by atoms with Crippen LogP contribution >= 0.6 is 0 Å². The molecule has 1 rings (SSSR count). The van der Waals surface area contributed by atoms with Gasteiger partial charge in [-0.3, -0.25) is 9.78 Å². The molecular weight excluding hydrogens is 192 g/mol. The van der Waals surface area contributed by atoms with E-state index < -0.39 is 24.0 Å². The molecule has 0 atom stereocenters. The van der Waals surface area contributed by atoms with Crippen molar-refractivity contribution in [2.45, 2.75) is 19.3 Å². The minimum absolute atomic E-state index is 0.438. The van der Waals surface area contributed by atoms with Crippen LogP contribution in [-0.4, -0.2) is 16.1 Å². The SMILES string of the molecule is Cc1cccc(C(F)(F)CC(=O)O)n1. The zero-order chi connectivity index (χ0) is 10.8. The normalized spacial score (nSPS) is 11.4. The maximum atomic E-state index is 13.1. The van der Waals surface area contributed by atoms with E-state index in [1.54, 1.807) is 13.0 Å². The van der Waals surface area contributed by atoms with Crippen molar-refractivity contribution in [1.29, 1.82) is 0 Å². The highest BCUT2D eigenvalue weighted by atomic mass is 19.3. The molecule has 0 aliphatic heterocycles. The van der Waals surface area contributed by atoms with E-state index in [4.69, 9.17) is 5.11 Å². The second kappa shape index (κ2) is 3.69. The fraction of sp³-hybridized carbons (Fsp3) is 0.333. The van der Waals surface area contributed by atoms with Crippen LogP contribution in [0.2, 0.25) is 0 Å². The minimum Gasteiger partial charge on any atom is -0.481 e. The number of carboxylic acids is 1. The van der Waals surface area contributed by atoms with Crippen molar-refractivity contribution >= 4 is 5.97 Å². The van der Waals surface area contributed by atoms with E-state index in [2.05, 4.69) is 4.98 Å². The third-order valence-electron chi connectivity index (χ3n) is 1.64. The number of carboxylic acid groups (broad SMARTS) is 1. The van der Waals surface area contributed by atoms with Crippen molar-refractivity contribution in [2.24, 2.45) is 0 Å². The predicted octanol–water partition coefficient (Wildman–Crippen LogP) is 1.96. The molecule has 5 heteroatoms. The number of pyridine rings is 1. The number of rotatable bonds is 3. The number of hydrogen-bond acceptors (Lipinski definition) is 2. The molecule has 76 valence electrons. The van der Waals surface area contributed by atoms with Gasteiger partial charge in [0.2, 0.25) is 0 Å². The van der Waals surface area contributed by atoms with Gasteiger partial charge in [-0.1, -0.05) is 6.07 Å². The molecule has 1 N–H and O–H groups in total. The molecule has 0 aliphatic rings. The van der Waals surface area contributed by atoms with Gasteiger partial charge in [-0.05, 0) is 19.1 Å². The van der Waals surface area contributed by atoms with Crippen LogP contribution in [0.4, 0.5) is 8.78 Å². The second-order valence-electron chi connectivity index (χ2n) is 2.94. The Kier molecular flexibility index (Phi) is 2.78. The predicted molar refractivity (Wildman–Crippen MR) is 45.1 cm³/mol. The topological polar surface area (TPSA) is 50.2 Å². The maximum Gasteiger partial charge on any atom is 0.309 e. The first-order chi connectivity index (χ1) is 6.42. The molecule has 3 nitrogen and oxygen atoms in total. The van der Waals surface area contributed by atoms with Crippen LogP contribution < -0.4 is 0 Å². The summed E-state index contributed by atoms with van der Waals surface area (Å²) < 4.78 is 26.3. The largest absolute Gasteiger partial charge is 0.481 e. The van der Waals surface area contributed by atoms with Crippen LogP contribution in [0.15, 0.2) is 18.2 Å². The lowest BCUT2D eigenvalue weighted by Crippen LogP contribution is -2.20. The van der Waals surface area contributed by atoms with Crippen LogP contribution in [0.5, 0.6) is 0 Å². The van der Waals surface area contributed by atoms with Gasteiger partial charge in [0, 0.05) is 5.69 Å². The Morgan fingerprint density at radius 3 is 2.71 bits per heavy atom. The Bertz CT molecular complexity index is 352. The highest BCUT2D eigenvalue weighted by Gasteiger charge is 2.36. The Labute approximate surface area is 79.4 Å². The van der Waals surface area contributed by atoms with Crippen molar-refractivity contribution in [3.05, 3.63) is 29.6 Å². The van der Waals surface area contributed by atoms with Crippen LogP contribution in [0.3, 0.4) is 0 Å². The summed E-state index contributed by atoms with van der Waals surface area (Å²) in [4.78, 5) is 13.7. The van der Waals surface area contributed by atoms with E-state index in [9.17, 15) is 13.6 Å². The zero-order valence-corrected chi connectivity index (χ0v) is 7.50. The molecule has 0 radical (unpaired) electrons. The van der Waals surface area contributed by atoms with Gasteiger partial charge in [0.25, 0.3) is 5.92 Å². The fourth-order valence-corrected chi connectivity index (χ4v) is 1.03. The Balaban J connectivity index is 2.97. The van der Waals surface area contributed by atoms with Gasteiger partial charge < -0.3 is 5.11 Å². The fourth-order valence-electron chi connectivity index (χ4n) is 1.03. The molecule has 1 aromatic heterocycles. The Hall–Kier alpha value is -1.52. The first-order valence-corrected chi connectivity index (χ1v) is 3.95. The van der Waals surface area contributed by atoms with Gasteiger partial charge in [-0.15, -0.1) is 0 Å². The molecule has 0 bridgehead atoms. The summed E-state index contributed by atoms with van der Waals surface area (Å²) in [6.07, 6.45) is -1.23. The average Bonchev–Trinajstić information content (AvgIpc) is 2.01. The Morgan fingerprint density at radius 2 is 2.21 bits per heavy atom. The van der Waals surface area contributed by atoms with E-state index in [0.717, 1.165) is 6.07 Å². The van der Waals surface area contributed by atoms with Gasteiger partial charge in [-0.25, -0.2) is 0 Å². The number of aromatic nitrogens is 1. The average molecular weight is 201 g/mol. The molecular formula is C9H9F2NO2. The molecule has 0 saturated carbocycles. The van der Waals surface area contributed by atoms with E-state index in [-0.39, 0.29) is 0 Å². The standard InChI is InChI=1S/C9H9F2NO2/c1-6-3-2-4-7(12-6)9(10,11)5-8(13)14/h2-4H,5H2,1H3,(H,13,14). The summed E-state index contributed by atoms with van der Waals surface area (Å²) >= 11 is 0. The third-order valence-corrected chi connectivity index (χ3v) is 1.64. The molecule has 0 amide bonds. The lowest BCUT2D eigenvalue weighted by molar-refractivity contribution is -0.145. The number of carbonyl (C=O) groups is 1. The highest BCUT2D eigenvalue weighted by molar-refractivity contribution is 5.68. The molecule has 0 aliphatic carbocycles. The van der Waals surface area contributed by atoms with Crippen LogP contribution in [0, 0.1) is 6.92 Å². The molecule has 1 aromatic rings. The van der Waals surface area contributed by atoms with E-state index >= 15 is 0 Å². The highest BCUT2D eigenvalue weighted by Crippen LogP contribution is 2.29. The lowest BCUT2D eigenvalue weighted by Gasteiger charge is -2.13. The molecule has 1 heterocycles. The number of halogens is 2. The number of hydrogen-bond donors (Lipinski definition) is 1. The number of aryl methyl sites for hydroxylation is 1. The molecule has 0 aromatic carbocycles. The smallest absolute Gasteiger partial charge is 0.309 e. The van der Waals surface area contributed by atoms with Crippen molar-refractivity contribution < 1.29 is 18.7 Å². The van der Waals surface area contributed by atoms with Crippen molar-refractivity contribution in [1.82, 2.24) is 4.98 Å². The van der Waals surface area contributed by atoms with Gasteiger partial charge in [-0.2, -0.15) is 8.78 Å². The van der Waals surface area contributed by atoms with E-state index in [1.807, 2.05) is 0 Å². The molecule has 0 unspecified atom stereocenters. The summed E-state index contributed by atoms with van der Waals surface area (Å²) in [5.74, 6) is -4.95. The third kappa shape index (κ3) is 2.48. The van der Waals surface area contributed by atoms with Crippen LogP contribution in [0.1, 0.15) is 17.8 Å². The molecule has 14 heavy (non-hydrogen) atoms. The first kappa shape index (κ1) is 10.6. The summed E-state index contributed by atoms with van der Waals surface area (Å²) in [7, 11) is 0. The zero-order valence-electron chi connectivity index (χ0n) is 7.50. The molecule has 0 saturated heterocycles. The minimum atomic E-state index is -3.40. The maximum absolute atomic E-state index is 13.1. The quantitative estimate of drug-likeness (QED) is 0.813. The van der Waals surface area contributed by atoms with Gasteiger partial charge in [0.15, 0.2) is 0 Å². The number of alkyl halides is 2. The van der Waals surface area contributed by atoms with Gasteiger partial charge in [0.05, 0.1) is 0 Å². The van der Waals surface area contributed by atoms with Crippen molar-refractivity contribution in [3.8, 4) is 0 Å². The summed E-state index contributed by atoms with van der Waals surface area (Å²) in [5.41, 5.74) is -0.0625. The van der Waals surface area contributed by atoms with Gasteiger partial charge >= 0.3 is 5.97 Å². The Morgan fingerprint density at radius 1 is 1.57 bits per heavy atom. The van der Waals surface area contributed by atoms with Crippen molar-refractivity contribution in [3.63, 3.8) is 0 Å². The summed E-state index contributed by atoms with van der Waals surface area (Å²) in [6.45, 7) is 1.57. The van der Waals surface area contributed by atoms with Crippen LogP contribution in [0.25, 0.3) is 0 Å². The van der Waals surface area contributed by atoms with E-state index in [1.165, 1.54) is 6.07 Å². The first-order valence-electron chi connectivity index (χ1n) is 3.95. The summed E-state index contributed by atoms with van der Waals surface area (Å²) in [5, 5.41) is 8.27. The number of nitrogens with zero attached hydrogens (tertiary/aromatic N) is 1. The van der Waals surface area contributed by atoms with Crippen LogP contribution in [-0.2, 0) is 10.7 Å².